The molecule has 2 aromatic heterocycles. The number of aromatic nitrogens is 2. The molecule has 0 aliphatic rings. The number of hydrogen-bond donors (Lipinski definition) is 1. The lowest BCUT2D eigenvalue weighted by Crippen LogP contribution is -1.98. The molecule has 0 aliphatic heterocycles. The van der Waals surface area contributed by atoms with Gasteiger partial charge in [-0.25, -0.2) is 14.8 Å². The Morgan fingerprint density at radius 2 is 2.31 bits per heavy atom. The van der Waals surface area contributed by atoms with Crippen molar-refractivity contribution < 1.29 is 9.90 Å². The van der Waals surface area contributed by atoms with E-state index in [2.05, 4.69) is 9.97 Å². The monoisotopic (exact) mass is 272 g/mol. The lowest BCUT2D eigenvalue weighted by Gasteiger charge is -2.01. The fourth-order valence-corrected chi connectivity index (χ4v) is 2.72. The fraction of sp³-hybridized carbons (Fsp3) is 0. The first kappa shape index (κ1) is 11.4. The number of hydrogen-bond acceptors (Lipinski definition) is 5. The van der Waals surface area contributed by atoms with E-state index >= 15 is 0 Å². The highest BCUT2D eigenvalue weighted by Crippen LogP contribution is 2.29. The molecule has 0 aromatic carbocycles. The highest BCUT2D eigenvalue weighted by Gasteiger charge is 2.11. The highest BCUT2D eigenvalue weighted by atomic mass is 35.5. The summed E-state index contributed by atoms with van der Waals surface area (Å²) >= 11 is 8.48. The zero-order chi connectivity index (χ0) is 11.5. The van der Waals surface area contributed by atoms with Crippen molar-refractivity contribution in [1.29, 1.82) is 0 Å². The van der Waals surface area contributed by atoms with Crippen molar-refractivity contribution in [2.75, 3.05) is 0 Å². The molecule has 4 nitrogen and oxygen atoms in total. The maximum atomic E-state index is 10.8. The lowest BCUT2D eigenvalue weighted by atomic mass is 10.3. The molecule has 1 N–H and O–H groups in total. The molecule has 0 saturated heterocycles. The molecule has 0 aliphatic carbocycles. The van der Waals surface area contributed by atoms with E-state index in [1.807, 2.05) is 5.38 Å². The number of halogens is 1. The second-order valence-corrected chi connectivity index (χ2v) is 5.28. The van der Waals surface area contributed by atoms with Crippen LogP contribution in [0.3, 0.4) is 0 Å². The van der Waals surface area contributed by atoms with E-state index in [1.54, 1.807) is 6.20 Å². The number of nitrogens with zero attached hydrogens (tertiary/aromatic N) is 2. The van der Waals surface area contributed by atoms with Gasteiger partial charge in [0.25, 0.3) is 0 Å². The summed E-state index contributed by atoms with van der Waals surface area (Å²) in [5.41, 5.74) is 0.0516. The van der Waals surface area contributed by atoms with Gasteiger partial charge in [0.15, 0.2) is 4.34 Å². The van der Waals surface area contributed by atoms with Gasteiger partial charge in [-0.05, 0) is 17.8 Å². The number of rotatable bonds is 3. The van der Waals surface area contributed by atoms with Crippen molar-refractivity contribution in [1.82, 2.24) is 9.97 Å². The van der Waals surface area contributed by atoms with Crippen LogP contribution >= 0.6 is 34.7 Å². The fourth-order valence-electron chi connectivity index (χ4n) is 0.989. The summed E-state index contributed by atoms with van der Waals surface area (Å²) in [5, 5.41) is 11.4. The topological polar surface area (TPSA) is 63.1 Å². The van der Waals surface area contributed by atoms with Crippen molar-refractivity contribution >= 4 is 40.7 Å². The molecule has 0 spiro atoms. The first-order chi connectivity index (χ1) is 7.66. The molecule has 0 unspecified atom stereocenters. The van der Waals surface area contributed by atoms with Crippen molar-refractivity contribution in [3.8, 4) is 0 Å². The van der Waals surface area contributed by atoms with E-state index in [0.717, 1.165) is 4.34 Å². The molecule has 0 fully saturated rings. The summed E-state index contributed by atoms with van der Waals surface area (Å²) in [6, 6.07) is 1.44. The van der Waals surface area contributed by atoms with Gasteiger partial charge in [0.2, 0.25) is 0 Å². The zero-order valence-corrected chi connectivity index (χ0v) is 10.1. The smallest absolute Gasteiger partial charge is 0.337 e. The maximum absolute atomic E-state index is 10.8. The molecule has 2 rings (SSSR count). The summed E-state index contributed by atoms with van der Waals surface area (Å²) in [7, 11) is 0. The molecule has 16 heavy (non-hydrogen) atoms. The van der Waals surface area contributed by atoms with Gasteiger partial charge in [0.05, 0.1) is 10.6 Å². The van der Waals surface area contributed by atoms with Crippen LogP contribution < -0.4 is 0 Å². The van der Waals surface area contributed by atoms with Crippen LogP contribution in [-0.4, -0.2) is 21.0 Å². The Bertz CT molecular complexity index is 516. The van der Waals surface area contributed by atoms with Crippen LogP contribution in [0.25, 0.3) is 0 Å². The quantitative estimate of drug-likeness (QED) is 0.930. The first-order valence-electron chi connectivity index (χ1n) is 4.13. The molecular weight excluding hydrogens is 268 g/mol. The predicted octanol–water partition coefficient (Wildman–Crippen LogP) is 3.04. The van der Waals surface area contributed by atoms with Gasteiger partial charge in [-0.2, -0.15) is 0 Å². The van der Waals surface area contributed by atoms with E-state index in [4.69, 9.17) is 16.7 Å². The third kappa shape index (κ3) is 2.52. The molecule has 0 amide bonds. The third-order valence-electron chi connectivity index (χ3n) is 1.66. The zero-order valence-electron chi connectivity index (χ0n) is 7.75. The third-order valence-corrected chi connectivity index (χ3v) is 3.78. The van der Waals surface area contributed by atoms with Crippen molar-refractivity contribution in [3.63, 3.8) is 0 Å². The van der Waals surface area contributed by atoms with Gasteiger partial charge in [0, 0.05) is 17.8 Å². The van der Waals surface area contributed by atoms with Crippen molar-refractivity contribution in [2.45, 2.75) is 9.37 Å². The van der Waals surface area contributed by atoms with E-state index < -0.39 is 5.97 Å². The maximum Gasteiger partial charge on any atom is 0.337 e. The molecule has 0 radical (unpaired) electrons. The normalized spacial score (nSPS) is 10.3. The minimum Gasteiger partial charge on any atom is -0.478 e. The van der Waals surface area contributed by atoms with Crippen LogP contribution in [0.4, 0.5) is 0 Å². The van der Waals surface area contributed by atoms with E-state index in [-0.39, 0.29) is 10.6 Å². The predicted molar refractivity (Wildman–Crippen MR) is 62.4 cm³/mol. The van der Waals surface area contributed by atoms with Crippen LogP contribution in [-0.2, 0) is 0 Å². The minimum atomic E-state index is -1.06. The standard InChI is InChI=1S/C9H5ClN2O2S2/c10-6-4-12-7(3-5(6)8(13)14)16-9-11-1-2-15-9/h1-4H,(H,13,14). The Kier molecular flexibility index (Phi) is 3.42. The Labute approximate surface area is 104 Å². The van der Waals surface area contributed by atoms with Crippen molar-refractivity contribution in [3.05, 3.63) is 34.4 Å². The van der Waals surface area contributed by atoms with Gasteiger partial charge >= 0.3 is 5.97 Å². The number of pyridine rings is 1. The SMILES string of the molecule is O=C(O)c1cc(Sc2nccs2)ncc1Cl. The van der Waals surface area contributed by atoms with Crippen LogP contribution in [0.15, 0.2) is 33.2 Å². The molecule has 2 aromatic rings. The van der Waals surface area contributed by atoms with Gasteiger partial charge in [0.1, 0.15) is 5.03 Å². The Balaban J connectivity index is 2.29. The number of carbonyl (C=O) groups is 1. The largest absolute Gasteiger partial charge is 0.478 e. The molecule has 0 bridgehead atoms. The summed E-state index contributed by atoms with van der Waals surface area (Å²) in [5.74, 6) is -1.06. The second-order valence-electron chi connectivity index (χ2n) is 2.71. The molecule has 0 saturated carbocycles. The van der Waals surface area contributed by atoms with E-state index in [0.29, 0.717) is 5.03 Å². The number of carboxylic acids is 1. The van der Waals surface area contributed by atoms with Gasteiger partial charge in [-0.3, -0.25) is 0 Å². The number of carboxylic acid groups (broad SMARTS) is 1. The van der Waals surface area contributed by atoms with Gasteiger partial charge < -0.3 is 5.11 Å². The van der Waals surface area contributed by atoms with Crippen LogP contribution in [0.2, 0.25) is 5.02 Å². The Morgan fingerprint density at radius 1 is 1.50 bits per heavy atom. The van der Waals surface area contributed by atoms with Crippen LogP contribution in [0.1, 0.15) is 10.4 Å². The summed E-state index contributed by atoms with van der Waals surface area (Å²) in [6.07, 6.45) is 3.02. The summed E-state index contributed by atoms with van der Waals surface area (Å²) in [4.78, 5) is 18.9. The van der Waals surface area contributed by atoms with Crippen LogP contribution in [0, 0.1) is 0 Å². The Hall–Kier alpha value is -1.11. The highest BCUT2D eigenvalue weighted by molar-refractivity contribution is 8.00. The summed E-state index contributed by atoms with van der Waals surface area (Å²) in [6.45, 7) is 0. The van der Waals surface area contributed by atoms with E-state index in [1.165, 1.54) is 35.4 Å². The number of aromatic carboxylic acids is 1. The van der Waals surface area contributed by atoms with Gasteiger partial charge in [-0.15, -0.1) is 11.3 Å². The minimum absolute atomic E-state index is 0.0516. The van der Waals surface area contributed by atoms with Gasteiger partial charge in [-0.1, -0.05) is 11.6 Å². The average Bonchev–Trinajstić information content (AvgIpc) is 2.73. The Morgan fingerprint density at radius 3 is 2.94 bits per heavy atom. The first-order valence-corrected chi connectivity index (χ1v) is 6.20. The van der Waals surface area contributed by atoms with Crippen molar-refractivity contribution in [2.24, 2.45) is 0 Å². The summed E-state index contributed by atoms with van der Waals surface area (Å²) < 4.78 is 0.811. The lowest BCUT2D eigenvalue weighted by molar-refractivity contribution is 0.0696. The van der Waals surface area contributed by atoms with Crippen LogP contribution in [0.5, 0.6) is 0 Å². The molecule has 0 atom stereocenters. The molecule has 7 heteroatoms. The number of thiazole rings is 1. The average molecular weight is 273 g/mol. The second kappa shape index (κ2) is 4.82. The molecule has 2 heterocycles. The van der Waals surface area contributed by atoms with E-state index in [9.17, 15) is 4.79 Å². The molecule has 82 valence electrons. The molecular formula is C9H5ClN2O2S2.